The topological polar surface area (TPSA) is 66.9 Å². The van der Waals surface area contributed by atoms with Gasteiger partial charge in [-0.25, -0.2) is 4.79 Å². The fourth-order valence-electron chi connectivity index (χ4n) is 3.75. The molecule has 0 radical (unpaired) electrons. The van der Waals surface area contributed by atoms with Crippen molar-refractivity contribution in [2.45, 2.75) is 18.5 Å². The van der Waals surface area contributed by atoms with Crippen LogP contribution in [0.2, 0.25) is 0 Å². The second kappa shape index (κ2) is 5.44. The van der Waals surface area contributed by atoms with Gasteiger partial charge in [0.15, 0.2) is 0 Å². The summed E-state index contributed by atoms with van der Waals surface area (Å²) < 4.78 is 5.03. The first kappa shape index (κ1) is 15.4. The molecule has 2 aliphatic heterocycles. The number of esters is 1. The van der Waals surface area contributed by atoms with Crippen LogP contribution >= 0.6 is 0 Å². The Balaban J connectivity index is 2.04. The van der Waals surface area contributed by atoms with Gasteiger partial charge in [-0.3, -0.25) is 19.4 Å². The summed E-state index contributed by atoms with van der Waals surface area (Å²) in [5, 5.41) is 0. The van der Waals surface area contributed by atoms with Gasteiger partial charge in [0, 0.05) is 18.5 Å². The number of anilines is 2. The molecule has 0 aromatic heterocycles. The number of carbonyl (C=O) groups is 3. The van der Waals surface area contributed by atoms with Gasteiger partial charge in [0.25, 0.3) is 5.91 Å². The van der Waals surface area contributed by atoms with Crippen molar-refractivity contribution in [3.05, 3.63) is 60.2 Å². The highest BCUT2D eigenvalue weighted by atomic mass is 16.5. The smallest absolute Gasteiger partial charge is 0.353 e. The molecule has 2 aliphatic rings. The van der Waals surface area contributed by atoms with E-state index in [-0.39, 0.29) is 24.7 Å². The number of amides is 2. The van der Waals surface area contributed by atoms with E-state index in [9.17, 15) is 14.4 Å². The summed E-state index contributed by atoms with van der Waals surface area (Å²) in [5.74, 6) is -1.14. The molecule has 1 atom stereocenters. The second-order valence-electron chi connectivity index (χ2n) is 6.03. The van der Waals surface area contributed by atoms with Crippen LogP contribution in [0.15, 0.2) is 54.6 Å². The third kappa shape index (κ3) is 1.94. The number of hydrogen-bond donors (Lipinski definition) is 0. The molecular formula is C19H16N2O4. The molecule has 4 rings (SSSR count). The minimum absolute atomic E-state index is 0.167. The van der Waals surface area contributed by atoms with E-state index < -0.39 is 11.6 Å². The Labute approximate surface area is 144 Å². The molecule has 6 nitrogen and oxygen atoms in total. The molecule has 0 N–H and O–H groups in total. The third-order valence-electron chi connectivity index (χ3n) is 4.78. The SMILES string of the molecule is COC(=O)C12CCC(=O)N1c1ccccc1C(=O)N2c1ccccc1. The molecule has 0 bridgehead atoms. The quantitative estimate of drug-likeness (QED) is 0.790. The summed E-state index contributed by atoms with van der Waals surface area (Å²) in [6.45, 7) is 0. The molecule has 2 amide bonds. The Bertz CT molecular complexity index is 880. The van der Waals surface area contributed by atoms with Crippen LogP contribution in [-0.2, 0) is 14.3 Å². The van der Waals surface area contributed by atoms with Crippen molar-refractivity contribution in [2.24, 2.45) is 0 Å². The first-order chi connectivity index (χ1) is 12.1. The zero-order valence-electron chi connectivity index (χ0n) is 13.6. The largest absolute Gasteiger partial charge is 0.466 e. The molecule has 2 heterocycles. The summed E-state index contributed by atoms with van der Waals surface area (Å²) in [5.41, 5.74) is -0.0978. The number of rotatable bonds is 2. The third-order valence-corrected chi connectivity index (χ3v) is 4.78. The number of fused-ring (bicyclic) bond motifs is 3. The average Bonchev–Trinajstić information content (AvgIpc) is 3.00. The van der Waals surface area contributed by atoms with E-state index in [4.69, 9.17) is 4.74 Å². The predicted molar refractivity (Wildman–Crippen MR) is 91.2 cm³/mol. The molecule has 6 heteroatoms. The van der Waals surface area contributed by atoms with E-state index in [2.05, 4.69) is 0 Å². The lowest BCUT2D eigenvalue weighted by atomic mass is 9.95. The van der Waals surface area contributed by atoms with Crippen LogP contribution in [0.25, 0.3) is 0 Å². The van der Waals surface area contributed by atoms with E-state index >= 15 is 0 Å². The normalized spacial score (nSPS) is 21.8. The van der Waals surface area contributed by atoms with Gasteiger partial charge in [-0.1, -0.05) is 30.3 Å². The minimum Gasteiger partial charge on any atom is -0.466 e. The lowest BCUT2D eigenvalue weighted by molar-refractivity contribution is -0.147. The van der Waals surface area contributed by atoms with Crippen LogP contribution in [0, 0.1) is 0 Å². The summed E-state index contributed by atoms with van der Waals surface area (Å²) in [6, 6.07) is 15.7. The van der Waals surface area contributed by atoms with Gasteiger partial charge in [0.1, 0.15) is 0 Å². The Hall–Kier alpha value is -3.15. The maximum Gasteiger partial charge on any atom is 0.353 e. The van der Waals surface area contributed by atoms with Crippen molar-refractivity contribution in [3.63, 3.8) is 0 Å². The van der Waals surface area contributed by atoms with Crippen molar-refractivity contribution in [1.29, 1.82) is 0 Å². The number of para-hydroxylation sites is 2. The van der Waals surface area contributed by atoms with E-state index in [1.165, 1.54) is 16.9 Å². The molecule has 2 aromatic carbocycles. The van der Waals surface area contributed by atoms with Gasteiger partial charge >= 0.3 is 5.97 Å². The predicted octanol–water partition coefficient (Wildman–Crippen LogP) is 2.34. The fourth-order valence-corrected chi connectivity index (χ4v) is 3.75. The maximum atomic E-state index is 13.3. The number of carbonyl (C=O) groups excluding carboxylic acids is 3. The van der Waals surface area contributed by atoms with Crippen LogP contribution in [-0.4, -0.2) is 30.6 Å². The van der Waals surface area contributed by atoms with Crippen LogP contribution in [0.5, 0.6) is 0 Å². The minimum atomic E-state index is -1.49. The van der Waals surface area contributed by atoms with Crippen LogP contribution in [0.1, 0.15) is 23.2 Å². The van der Waals surface area contributed by atoms with Gasteiger partial charge in [0.2, 0.25) is 11.6 Å². The van der Waals surface area contributed by atoms with Crippen molar-refractivity contribution in [1.82, 2.24) is 0 Å². The van der Waals surface area contributed by atoms with E-state index in [0.717, 1.165) is 0 Å². The Morgan fingerprint density at radius 3 is 2.40 bits per heavy atom. The summed E-state index contributed by atoms with van der Waals surface area (Å²) in [6.07, 6.45) is 0.355. The highest BCUT2D eigenvalue weighted by Crippen LogP contribution is 2.46. The van der Waals surface area contributed by atoms with Gasteiger partial charge in [-0.15, -0.1) is 0 Å². The van der Waals surface area contributed by atoms with Crippen molar-refractivity contribution < 1.29 is 19.1 Å². The second-order valence-corrected chi connectivity index (χ2v) is 6.03. The lowest BCUT2D eigenvalue weighted by Gasteiger charge is -2.48. The highest BCUT2D eigenvalue weighted by molar-refractivity contribution is 6.22. The van der Waals surface area contributed by atoms with Gasteiger partial charge in [-0.2, -0.15) is 0 Å². The first-order valence-electron chi connectivity index (χ1n) is 8.01. The molecule has 0 spiro atoms. The molecule has 0 saturated carbocycles. The Kier molecular flexibility index (Phi) is 3.35. The summed E-state index contributed by atoms with van der Waals surface area (Å²) in [4.78, 5) is 41.6. The Morgan fingerprint density at radius 2 is 1.68 bits per heavy atom. The monoisotopic (exact) mass is 336 g/mol. The van der Waals surface area contributed by atoms with Gasteiger partial charge in [-0.05, 0) is 24.3 Å². The zero-order chi connectivity index (χ0) is 17.6. The van der Waals surface area contributed by atoms with Crippen LogP contribution in [0.3, 0.4) is 0 Å². The van der Waals surface area contributed by atoms with Gasteiger partial charge < -0.3 is 4.74 Å². The molecule has 0 aliphatic carbocycles. The summed E-state index contributed by atoms with van der Waals surface area (Å²) in [7, 11) is 1.27. The summed E-state index contributed by atoms with van der Waals surface area (Å²) >= 11 is 0. The van der Waals surface area contributed by atoms with E-state index in [1.54, 1.807) is 48.5 Å². The fraction of sp³-hybridized carbons (Fsp3) is 0.211. The highest BCUT2D eigenvalue weighted by Gasteiger charge is 2.62. The molecule has 1 saturated heterocycles. The zero-order valence-corrected chi connectivity index (χ0v) is 13.6. The number of nitrogens with zero attached hydrogens (tertiary/aromatic N) is 2. The molecule has 126 valence electrons. The molecular weight excluding hydrogens is 320 g/mol. The molecule has 1 unspecified atom stereocenters. The van der Waals surface area contributed by atoms with Crippen molar-refractivity contribution in [3.8, 4) is 0 Å². The Morgan fingerprint density at radius 1 is 1.00 bits per heavy atom. The number of methoxy groups -OCH3 is 1. The van der Waals surface area contributed by atoms with Crippen LogP contribution in [0.4, 0.5) is 11.4 Å². The van der Waals surface area contributed by atoms with Crippen molar-refractivity contribution >= 4 is 29.2 Å². The number of hydrogen-bond acceptors (Lipinski definition) is 4. The average molecular weight is 336 g/mol. The first-order valence-corrected chi connectivity index (χ1v) is 8.01. The standard InChI is InChI=1S/C19H16N2O4/c1-25-18(24)19-12-11-16(22)21(19)15-10-6-5-9-14(15)17(23)20(19)13-7-3-2-4-8-13/h2-10H,11-12H2,1H3. The molecule has 2 aromatic rings. The van der Waals surface area contributed by atoms with E-state index in [1.807, 2.05) is 6.07 Å². The number of ether oxygens (including phenoxy) is 1. The maximum absolute atomic E-state index is 13.3. The lowest BCUT2D eigenvalue weighted by Crippen LogP contribution is -2.68. The van der Waals surface area contributed by atoms with Crippen molar-refractivity contribution in [2.75, 3.05) is 16.9 Å². The van der Waals surface area contributed by atoms with Gasteiger partial charge in [0.05, 0.1) is 18.4 Å². The van der Waals surface area contributed by atoms with Crippen LogP contribution < -0.4 is 9.80 Å². The molecule has 25 heavy (non-hydrogen) atoms. The molecule has 1 fully saturated rings. The van der Waals surface area contributed by atoms with E-state index in [0.29, 0.717) is 16.9 Å². The number of benzene rings is 2.